The zero-order valence-electron chi connectivity index (χ0n) is 5.18. The second-order valence-electron chi connectivity index (χ2n) is 2.25. The molecule has 1 nitrogen and oxygen atoms in total. The van der Waals surface area contributed by atoms with Crippen molar-refractivity contribution in [3.8, 4) is 0 Å². The summed E-state index contributed by atoms with van der Waals surface area (Å²) in [7, 11) is 0. The third-order valence-corrected chi connectivity index (χ3v) is 2.62. The zero-order valence-corrected chi connectivity index (χ0v) is 6.00. The molecule has 2 aliphatic rings. The fraction of sp³-hybridized carbons (Fsp3) is 0.429. The first-order chi connectivity index (χ1) is 4.47. The van der Waals surface area contributed by atoms with Gasteiger partial charge in [-0.05, 0) is 12.8 Å². The van der Waals surface area contributed by atoms with E-state index in [0.29, 0.717) is 0 Å². The SMILES string of the molecule is C1=CC2=C(CC1)NCS2. The predicted octanol–water partition coefficient (Wildman–Crippen LogP) is 1.84. The van der Waals surface area contributed by atoms with Crippen LogP contribution in [0.3, 0.4) is 0 Å². The first kappa shape index (κ1) is 5.42. The highest BCUT2D eigenvalue weighted by atomic mass is 32.2. The van der Waals surface area contributed by atoms with Crippen molar-refractivity contribution in [1.29, 1.82) is 0 Å². The van der Waals surface area contributed by atoms with E-state index in [1.807, 2.05) is 11.8 Å². The van der Waals surface area contributed by atoms with E-state index < -0.39 is 0 Å². The van der Waals surface area contributed by atoms with E-state index in [1.165, 1.54) is 23.4 Å². The Hall–Kier alpha value is -0.370. The highest BCUT2D eigenvalue weighted by Gasteiger charge is 2.13. The van der Waals surface area contributed by atoms with Crippen molar-refractivity contribution >= 4 is 11.8 Å². The van der Waals surface area contributed by atoms with Gasteiger partial charge in [-0.25, -0.2) is 0 Å². The molecule has 0 saturated carbocycles. The van der Waals surface area contributed by atoms with Crippen LogP contribution in [0.1, 0.15) is 12.8 Å². The summed E-state index contributed by atoms with van der Waals surface area (Å²) in [5.74, 6) is 1.08. The maximum Gasteiger partial charge on any atom is 0.0655 e. The molecule has 1 N–H and O–H groups in total. The molecule has 9 heavy (non-hydrogen) atoms. The average Bonchev–Trinajstić information content (AvgIpc) is 2.33. The van der Waals surface area contributed by atoms with Gasteiger partial charge in [0.25, 0.3) is 0 Å². The molecule has 0 bridgehead atoms. The van der Waals surface area contributed by atoms with Crippen LogP contribution in [0.2, 0.25) is 0 Å². The number of hydrogen-bond acceptors (Lipinski definition) is 2. The second kappa shape index (κ2) is 2.10. The van der Waals surface area contributed by atoms with Crippen LogP contribution in [0.25, 0.3) is 0 Å². The Labute approximate surface area is 59.2 Å². The minimum absolute atomic E-state index is 1.08. The fourth-order valence-corrected chi connectivity index (χ4v) is 2.10. The smallest absolute Gasteiger partial charge is 0.0655 e. The Morgan fingerprint density at radius 3 is 3.44 bits per heavy atom. The minimum Gasteiger partial charge on any atom is -0.378 e. The van der Waals surface area contributed by atoms with Crippen LogP contribution in [-0.2, 0) is 0 Å². The second-order valence-corrected chi connectivity index (χ2v) is 3.27. The molecule has 0 unspecified atom stereocenters. The van der Waals surface area contributed by atoms with Crippen molar-refractivity contribution in [2.24, 2.45) is 0 Å². The molecule has 1 aliphatic carbocycles. The molecule has 0 spiro atoms. The van der Waals surface area contributed by atoms with Crippen molar-refractivity contribution in [1.82, 2.24) is 5.32 Å². The van der Waals surface area contributed by atoms with Crippen LogP contribution in [0.4, 0.5) is 0 Å². The highest BCUT2D eigenvalue weighted by Crippen LogP contribution is 2.30. The van der Waals surface area contributed by atoms with Gasteiger partial charge in [0.15, 0.2) is 0 Å². The lowest BCUT2D eigenvalue weighted by molar-refractivity contribution is 0.839. The lowest BCUT2D eigenvalue weighted by Gasteiger charge is -2.05. The molecule has 0 aromatic rings. The van der Waals surface area contributed by atoms with E-state index in [4.69, 9.17) is 0 Å². The number of thioether (sulfide) groups is 1. The van der Waals surface area contributed by atoms with Gasteiger partial charge >= 0.3 is 0 Å². The van der Waals surface area contributed by atoms with Crippen LogP contribution in [0, 0.1) is 0 Å². The summed E-state index contributed by atoms with van der Waals surface area (Å²) in [6.07, 6.45) is 6.91. The van der Waals surface area contributed by atoms with Crippen LogP contribution in [0.15, 0.2) is 22.8 Å². The first-order valence-electron chi connectivity index (χ1n) is 3.23. The average molecular weight is 139 g/mol. The normalized spacial score (nSPS) is 24.0. The van der Waals surface area contributed by atoms with Crippen molar-refractivity contribution < 1.29 is 0 Å². The summed E-state index contributed by atoms with van der Waals surface area (Å²) in [5, 5.41) is 3.35. The summed E-state index contributed by atoms with van der Waals surface area (Å²) < 4.78 is 0. The topological polar surface area (TPSA) is 12.0 Å². The van der Waals surface area contributed by atoms with Gasteiger partial charge in [0.2, 0.25) is 0 Å². The van der Waals surface area contributed by atoms with Crippen LogP contribution >= 0.6 is 11.8 Å². The largest absolute Gasteiger partial charge is 0.378 e. The Balaban J connectivity index is 2.28. The van der Waals surface area contributed by atoms with Gasteiger partial charge in [0, 0.05) is 10.6 Å². The molecule has 1 aliphatic heterocycles. The quantitative estimate of drug-likeness (QED) is 0.549. The summed E-state index contributed by atoms with van der Waals surface area (Å²) in [6, 6.07) is 0. The van der Waals surface area contributed by atoms with Gasteiger partial charge in [-0.2, -0.15) is 0 Å². The standard InChI is InChI=1S/C7H9NS/c1-2-4-7-6(3-1)8-5-9-7/h2,4,8H,1,3,5H2. The molecule has 0 radical (unpaired) electrons. The van der Waals surface area contributed by atoms with Crippen molar-refractivity contribution in [2.75, 3.05) is 5.88 Å². The molecule has 0 saturated heterocycles. The Bertz CT molecular complexity index is 181. The highest BCUT2D eigenvalue weighted by molar-refractivity contribution is 8.03. The lowest BCUT2D eigenvalue weighted by atomic mass is 10.1. The maximum absolute atomic E-state index is 3.35. The molecule has 0 aromatic heterocycles. The van der Waals surface area contributed by atoms with Gasteiger partial charge < -0.3 is 5.32 Å². The predicted molar refractivity (Wildman–Crippen MR) is 41.0 cm³/mol. The van der Waals surface area contributed by atoms with Crippen molar-refractivity contribution in [3.05, 3.63) is 22.8 Å². The number of rotatable bonds is 0. The van der Waals surface area contributed by atoms with E-state index in [9.17, 15) is 0 Å². The van der Waals surface area contributed by atoms with Gasteiger partial charge in [-0.3, -0.25) is 0 Å². The molecular formula is C7H9NS. The van der Waals surface area contributed by atoms with Crippen molar-refractivity contribution in [3.63, 3.8) is 0 Å². The summed E-state index contributed by atoms with van der Waals surface area (Å²) >= 11 is 1.91. The summed E-state index contributed by atoms with van der Waals surface area (Å²) in [5.41, 5.74) is 1.46. The molecule has 2 rings (SSSR count). The minimum atomic E-state index is 1.08. The van der Waals surface area contributed by atoms with Gasteiger partial charge in [0.05, 0.1) is 5.88 Å². The van der Waals surface area contributed by atoms with Crippen LogP contribution in [-0.4, -0.2) is 5.88 Å². The molecule has 0 amide bonds. The van der Waals surface area contributed by atoms with Crippen LogP contribution < -0.4 is 5.32 Å². The molecule has 0 aromatic carbocycles. The number of hydrogen-bond donors (Lipinski definition) is 1. The maximum atomic E-state index is 3.35. The third-order valence-electron chi connectivity index (χ3n) is 1.64. The molecule has 48 valence electrons. The molecule has 2 heteroatoms. The van der Waals surface area contributed by atoms with E-state index in [0.717, 1.165) is 5.88 Å². The molecular weight excluding hydrogens is 130 g/mol. The molecule has 1 heterocycles. The van der Waals surface area contributed by atoms with E-state index in [-0.39, 0.29) is 0 Å². The fourth-order valence-electron chi connectivity index (χ4n) is 1.15. The Kier molecular flexibility index (Phi) is 1.27. The molecule has 0 atom stereocenters. The van der Waals surface area contributed by atoms with Gasteiger partial charge in [-0.15, -0.1) is 11.8 Å². The van der Waals surface area contributed by atoms with Crippen LogP contribution in [0.5, 0.6) is 0 Å². The van der Waals surface area contributed by atoms with Crippen molar-refractivity contribution in [2.45, 2.75) is 12.8 Å². The first-order valence-corrected chi connectivity index (χ1v) is 4.22. The summed E-state index contributed by atoms with van der Waals surface area (Å²) in [6.45, 7) is 0. The van der Waals surface area contributed by atoms with E-state index >= 15 is 0 Å². The Morgan fingerprint density at radius 2 is 2.56 bits per heavy atom. The number of allylic oxidation sites excluding steroid dienone is 3. The monoisotopic (exact) mass is 139 g/mol. The van der Waals surface area contributed by atoms with E-state index in [1.54, 1.807) is 0 Å². The summed E-state index contributed by atoms with van der Waals surface area (Å²) in [4.78, 5) is 1.46. The molecule has 0 fully saturated rings. The Morgan fingerprint density at radius 1 is 1.56 bits per heavy atom. The third kappa shape index (κ3) is 0.874. The number of nitrogens with one attached hydrogen (secondary N) is 1. The lowest BCUT2D eigenvalue weighted by Crippen LogP contribution is -2.06. The van der Waals surface area contributed by atoms with Gasteiger partial charge in [0.1, 0.15) is 0 Å². The van der Waals surface area contributed by atoms with E-state index in [2.05, 4.69) is 17.5 Å². The zero-order chi connectivity index (χ0) is 6.10. The van der Waals surface area contributed by atoms with Gasteiger partial charge in [-0.1, -0.05) is 12.2 Å².